The Balaban J connectivity index is 1.48. The summed E-state index contributed by atoms with van der Waals surface area (Å²) in [6, 6.07) is 11.5. The molecule has 0 spiro atoms. The van der Waals surface area contributed by atoms with Crippen LogP contribution >= 0.6 is 0 Å². The van der Waals surface area contributed by atoms with E-state index in [2.05, 4.69) is 9.88 Å². The van der Waals surface area contributed by atoms with Crippen molar-refractivity contribution < 1.29 is 14.3 Å². The average Bonchev–Trinajstić information content (AvgIpc) is 2.73. The van der Waals surface area contributed by atoms with Crippen molar-refractivity contribution in [1.29, 1.82) is 0 Å². The van der Waals surface area contributed by atoms with E-state index < -0.39 is 0 Å². The van der Waals surface area contributed by atoms with Gasteiger partial charge in [-0.25, -0.2) is 4.98 Å². The molecule has 0 radical (unpaired) electrons. The number of rotatable bonds is 3. The fourth-order valence-corrected chi connectivity index (χ4v) is 3.57. The van der Waals surface area contributed by atoms with Crippen molar-refractivity contribution >= 4 is 11.7 Å². The van der Waals surface area contributed by atoms with Crippen LogP contribution in [-0.4, -0.2) is 55.2 Å². The van der Waals surface area contributed by atoms with Crippen molar-refractivity contribution in [3.63, 3.8) is 0 Å². The number of aromatic nitrogens is 1. The van der Waals surface area contributed by atoms with Crippen LogP contribution < -0.4 is 14.4 Å². The molecule has 0 unspecified atom stereocenters. The van der Waals surface area contributed by atoms with Gasteiger partial charge in [0.05, 0.1) is 0 Å². The zero-order valence-corrected chi connectivity index (χ0v) is 14.9. The van der Waals surface area contributed by atoms with Crippen LogP contribution in [0.2, 0.25) is 0 Å². The van der Waals surface area contributed by atoms with Gasteiger partial charge >= 0.3 is 0 Å². The number of fused-ring (bicyclic) bond motifs is 1. The summed E-state index contributed by atoms with van der Waals surface area (Å²) in [5, 5.41) is 0. The van der Waals surface area contributed by atoms with Gasteiger partial charge in [0.25, 0.3) is 5.91 Å². The third-order valence-corrected chi connectivity index (χ3v) is 5.03. The number of carbonyl (C=O) groups is 1. The number of carbonyl (C=O) groups excluding carboxylic acids is 1. The van der Waals surface area contributed by atoms with Gasteiger partial charge in [0.2, 0.25) is 0 Å². The molecule has 6 nitrogen and oxygen atoms in total. The molecule has 1 saturated heterocycles. The zero-order valence-electron chi connectivity index (χ0n) is 14.9. The normalized spacial score (nSPS) is 19.1. The molecule has 4 rings (SSSR count). The molecule has 136 valence electrons. The van der Waals surface area contributed by atoms with Crippen molar-refractivity contribution in [2.75, 3.05) is 38.3 Å². The summed E-state index contributed by atoms with van der Waals surface area (Å²) in [5.41, 5.74) is 0.631. The lowest BCUT2D eigenvalue weighted by atomic mass is 10.0. The Kier molecular flexibility index (Phi) is 4.65. The van der Waals surface area contributed by atoms with Crippen molar-refractivity contribution in [3.8, 4) is 11.5 Å². The molecule has 0 aliphatic carbocycles. The summed E-state index contributed by atoms with van der Waals surface area (Å²) >= 11 is 0. The third-order valence-electron chi connectivity index (χ3n) is 5.03. The Morgan fingerprint density at radius 2 is 2.04 bits per heavy atom. The first-order valence-corrected chi connectivity index (χ1v) is 9.05. The minimum absolute atomic E-state index is 0.00912. The van der Waals surface area contributed by atoms with Gasteiger partial charge < -0.3 is 19.3 Å². The molecule has 0 bridgehead atoms. The first-order chi connectivity index (χ1) is 12.7. The number of anilines is 1. The lowest BCUT2D eigenvalue weighted by Crippen LogP contribution is -2.48. The molecule has 6 heteroatoms. The largest absolute Gasteiger partial charge is 0.486 e. The highest BCUT2D eigenvalue weighted by Crippen LogP contribution is 2.31. The molecule has 1 fully saturated rings. The van der Waals surface area contributed by atoms with Crippen molar-refractivity contribution in [3.05, 3.63) is 48.2 Å². The molecule has 26 heavy (non-hydrogen) atoms. The maximum Gasteiger partial charge on any atom is 0.254 e. The predicted octanol–water partition coefficient (Wildman–Crippen LogP) is 2.59. The van der Waals surface area contributed by atoms with E-state index in [1.807, 2.05) is 48.5 Å². The molecule has 1 amide bonds. The Hall–Kier alpha value is -2.76. The van der Waals surface area contributed by atoms with E-state index in [-0.39, 0.29) is 11.9 Å². The van der Waals surface area contributed by atoms with Gasteiger partial charge in [0, 0.05) is 37.9 Å². The third kappa shape index (κ3) is 3.31. The van der Waals surface area contributed by atoms with Gasteiger partial charge in [-0.05, 0) is 43.2 Å². The summed E-state index contributed by atoms with van der Waals surface area (Å²) < 4.78 is 11.1. The highest BCUT2D eigenvalue weighted by molar-refractivity contribution is 5.95. The number of hydrogen-bond acceptors (Lipinski definition) is 5. The number of benzene rings is 1. The number of likely N-dealkylation sites (N-methyl/N-ethyl adjacent to an activating group) is 1. The molecule has 2 aliphatic heterocycles. The molecular weight excluding hydrogens is 330 g/mol. The van der Waals surface area contributed by atoms with Crippen LogP contribution in [0.1, 0.15) is 23.2 Å². The summed E-state index contributed by atoms with van der Waals surface area (Å²) in [7, 11) is 1.88. The highest BCUT2D eigenvalue weighted by Gasteiger charge is 2.28. The van der Waals surface area contributed by atoms with Crippen LogP contribution in [0.15, 0.2) is 42.6 Å². The van der Waals surface area contributed by atoms with E-state index >= 15 is 0 Å². The minimum Gasteiger partial charge on any atom is -0.486 e. The van der Waals surface area contributed by atoms with Gasteiger partial charge in [-0.2, -0.15) is 0 Å². The second kappa shape index (κ2) is 7.23. The Bertz CT molecular complexity index is 781. The second-order valence-electron chi connectivity index (χ2n) is 6.70. The van der Waals surface area contributed by atoms with Crippen LogP contribution in [0.4, 0.5) is 5.82 Å². The zero-order chi connectivity index (χ0) is 17.9. The van der Waals surface area contributed by atoms with E-state index in [4.69, 9.17) is 9.47 Å². The maximum absolute atomic E-state index is 13.0. The monoisotopic (exact) mass is 353 g/mol. The van der Waals surface area contributed by atoms with E-state index in [1.54, 1.807) is 6.07 Å². The van der Waals surface area contributed by atoms with Crippen LogP contribution in [0.3, 0.4) is 0 Å². The quantitative estimate of drug-likeness (QED) is 0.849. The Morgan fingerprint density at radius 3 is 2.85 bits per heavy atom. The van der Waals surface area contributed by atoms with E-state index in [0.29, 0.717) is 30.3 Å². The number of nitrogens with zero attached hydrogens (tertiary/aromatic N) is 3. The molecule has 0 N–H and O–H groups in total. The number of piperidine rings is 1. The first-order valence-electron chi connectivity index (χ1n) is 9.05. The lowest BCUT2D eigenvalue weighted by molar-refractivity contribution is 0.0716. The number of ether oxygens (including phenoxy) is 2. The number of hydrogen-bond donors (Lipinski definition) is 0. The van der Waals surface area contributed by atoms with Gasteiger partial charge in [0.1, 0.15) is 19.0 Å². The molecule has 0 saturated carbocycles. The minimum atomic E-state index is 0.00912. The maximum atomic E-state index is 13.0. The topological polar surface area (TPSA) is 54.9 Å². The van der Waals surface area contributed by atoms with Crippen LogP contribution in [-0.2, 0) is 0 Å². The smallest absolute Gasteiger partial charge is 0.254 e. The van der Waals surface area contributed by atoms with Crippen molar-refractivity contribution in [2.45, 2.75) is 18.9 Å². The molecule has 3 heterocycles. The predicted molar refractivity (Wildman–Crippen MR) is 99.0 cm³/mol. The van der Waals surface area contributed by atoms with Gasteiger partial charge in [0.15, 0.2) is 11.5 Å². The van der Waals surface area contributed by atoms with Gasteiger partial charge in [-0.15, -0.1) is 0 Å². The SMILES string of the molecule is CN(C(=O)c1ccc2c(c1)OCCO2)[C@@H]1CCCN(c2ccccn2)C1. The van der Waals surface area contributed by atoms with Gasteiger partial charge in [-0.1, -0.05) is 6.07 Å². The number of amides is 1. The molecule has 1 aromatic carbocycles. The van der Waals surface area contributed by atoms with Crippen molar-refractivity contribution in [2.24, 2.45) is 0 Å². The van der Waals surface area contributed by atoms with Crippen LogP contribution in [0.25, 0.3) is 0 Å². The second-order valence-corrected chi connectivity index (χ2v) is 6.70. The molecule has 1 atom stereocenters. The summed E-state index contributed by atoms with van der Waals surface area (Å²) in [5.74, 6) is 2.33. The highest BCUT2D eigenvalue weighted by atomic mass is 16.6. The molecular formula is C20H23N3O3. The Labute approximate surface area is 153 Å². The Morgan fingerprint density at radius 1 is 1.19 bits per heavy atom. The number of pyridine rings is 1. The molecule has 2 aromatic rings. The average molecular weight is 353 g/mol. The molecule has 1 aromatic heterocycles. The summed E-state index contributed by atoms with van der Waals surface area (Å²) in [6.45, 7) is 2.83. The fourth-order valence-electron chi connectivity index (χ4n) is 3.57. The van der Waals surface area contributed by atoms with E-state index in [0.717, 1.165) is 31.7 Å². The summed E-state index contributed by atoms with van der Waals surface area (Å²) in [6.07, 6.45) is 3.85. The molecule has 2 aliphatic rings. The fraction of sp³-hybridized carbons (Fsp3) is 0.400. The van der Waals surface area contributed by atoms with Crippen LogP contribution in [0, 0.1) is 0 Å². The summed E-state index contributed by atoms with van der Waals surface area (Å²) in [4.78, 5) is 21.5. The van der Waals surface area contributed by atoms with Crippen LogP contribution in [0.5, 0.6) is 11.5 Å². The van der Waals surface area contributed by atoms with Gasteiger partial charge in [-0.3, -0.25) is 4.79 Å². The first kappa shape index (κ1) is 16.7. The lowest BCUT2D eigenvalue weighted by Gasteiger charge is -2.38. The van der Waals surface area contributed by atoms with E-state index in [9.17, 15) is 4.79 Å². The standard InChI is InChI=1S/C20H23N3O3/c1-22(16-5-4-10-23(14-16)19-6-2-3-9-21-19)20(24)15-7-8-17-18(13-15)26-12-11-25-17/h2-3,6-9,13,16H,4-5,10-12,14H2,1H3/t16-/m1/s1. The van der Waals surface area contributed by atoms with Crippen molar-refractivity contribution in [1.82, 2.24) is 9.88 Å². The van der Waals surface area contributed by atoms with E-state index in [1.165, 1.54) is 0 Å².